The largest absolute Gasteiger partial charge is 0.495 e. The number of aliphatic carboxylic acids is 1. The van der Waals surface area contributed by atoms with E-state index in [1.807, 2.05) is 0 Å². The molecule has 272 valence electrons. The van der Waals surface area contributed by atoms with Crippen molar-refractivity contribution >= 4 is 16.0 Å². The van der Waals surface area contributed by atoms with E-state index in [1.165, 1.54) is 37.5 Å². The number of carbonyl (C=O) groups is 1. The van der Waals surface area contributed by atoms with Gasteiger partial charge in [-0.05, 0) is 142 Å². The average Bonchev–Trinajstić information content (AvgIpc) is 3.31. The molecule has 0 bridgehead atoms. The topological polar surface area (TPSA) is 92.7 Å². The highest BCUT2D eigenvalue weighted by molar-refractivity contribution is 7.88. The van der Waals surface area contributed by atoms with Crippen LogP contribution < -0.4 is 4.72 Å². The second-order valence-corrected chi connectivity index (χ2v) is 21.5. The Bertz CT molecular complexity index is 1480. The van der Waals surface area contributed by atoms with E-state index in [4.69, 9.17) is 4.74 Å². The van der Waals surface area contributed by atoms with Gasteiger partial charge in [0.25, 0.3) is 0 Å². The van der Waals surface area contributed by atoms with Gasteiger partial charge >= 0.3 is 5.97 Å². The Morgan fingerprint density at radius 3 is 2.06 bits per heavy atom. The summed E-state index contributed by atoms with van der Waals surface area (Å²) in [6.45, 7) is 34.0. The SMILES string of the molecule is C=C(C[C@]12CC[C@@H](C(=C)C)[C@@H]1C1(C)CC[C@@H]3[C@@]4(C)CC[C@H](OC(=C)CC(C)(C)C(=O)O)C(C)(C)[C@@H]4CC[C@@]3(C)[C@]1(C)CC2)NS(C)(=O)=O. The van der Waals surface area contributed by atoms with Crippen LogP contribution in [-0.2, 0) is 19.6 Å². The number of allylic oxidation sites excluding steroid dienone is 3. The molecule has 0 spiro atoms. The fourth-order valence-electron chi connectivity index (χ4n) is 13.9. The van der Waals surface area contributed by atoms with E-state index in [0.29, 0.717) is 48.0 Å². The Morgan fingerprint density at radius 2 is 1.48 bits per heavy atom. The van der Waals surface area contributed by atoms with E-state index in [1.54, 1.807) is 13.8 Å². The molecule has 0 radical (unpaired) electrons. The summed E-state index contributed by atoms with van der Waals surface area (Å²) in [6.07, 6.45) is 13.7. The van der Waals surface area contributed by atoms with Crippen LogP contribution >= 0.6 is 0 Å². The number of hydrogen-bond acceptors (Lipinski definition) is 4. The highest BCUT2D eigenvalue weighted by Gasteiger charge is 2.74. The fraction of sp³-hybridized carbons (Fsp3) is 0.829. The van der Waals surface area contributed by atoms with Crippen LogP contribution in [0.25, 0.3) is 0 Å². The van der Waals surface area contributed by atoms with Gasteiger partial charge in [0.15, 0.2) is 0 Å². The van der Waals surface area contributed by atoms with Gasteiger partial charge in [-0.25, -0.2) is 8.42 Å². The zero-order chi connectivity index (χ0) is 36.1. The van der Waals surface area contributed by atoms with Crippen molar-refractivity contribution in [2.24, 2.45) is 61.6 Å². The monoisotopic (exact) mass is 685 g/mol. The molecule has 10 atom stereocenters. The first kappa shape index (κ1) is 37.5. The molecule has 5 fully saturated rings. The average molecular weight is 686 g/mol. The molecule has 5 saturated carbocycles. The number of rotatable bonds is 10. The molecule has 5 aliphatic carbocycles. The van der Waals surface area contributed by atoms with Crippen molar-refractivity contribution in [3.63, 3.8) is 0 Å². The predicted molar refractivity (Wildman–Crippen MR) is 195 cm³/mol. The Hall–Kier alpha value is -1.76. The van der Waals surface area contributed by atoms with Crippen molar-refractivity contribution in [1.82, 2.24) is 4.72 Å². The first-order valence-corrected chi connectivity index (χ1v) is 20.6. The normalized spacial score (nSPS) is 43.5. The van der Waals surface area contributed by atoms with Gasteiger partial charge in [0.1, 0.15) is 6.10 Å². The van der Waals surface area contributed by atoms with Crippen LogP contribution in [0.1, 0.15) is 139 Å². The van der Waals surface area contributed by atoms with Crippen LogP contribution in [0.5, 0.6) is 0 Å². The summed E-state index contributed by atoms with van der Waals surface area (Å²) in [4.78, 5) is 11.8. The van der Waals surface area contributed by atoms with Crippen LogP contribution in [0.2, 0.25) is 0 Å². The van der Waals surface area contributed by atoms with Gasteiger partial charge in [-0.15, -0.1) is 0 Å². The van der Waals surface area contributed by atoms with Gasteiger partial charge in [0.2, 0.25) is 10.0 Å². The quantitative estimate of drug-likeness (QED) is 0.176. The summed E-state index contributed by atoms with van der Waals surface area (Å²) in [6, 6.07) is 0. The molecule has 5 aliphatic rings. The van der Waals surface area contributed by atoms with Crippen molar-refractivity contribution in [2.75, 3.05) is 6.26 Å². The van der Waals surface area contributed by atoms with Crippen LogP contribution in [0.4, 0.5) is 0 Å². The summed E-state index contributed by atoms with van der Waals surface area (Å²) in [5.74, 6) is 1.78. The van der Waals surface area contributed by atoms with Crippen molar-refractivity contribution in [3.05, 3.63) is 36.8 Å². The zero-order valence-electron chi connectivity index (χ0n) is 32.0. The zero-order valence-corrected chi connectivity index (χ0v) is 32.8. The molecule has 0 heterocycles. The number of sulfonamides is 1. The first-order valence-electron chi connectivity index (χ1n) is 18.7. The number of ether oxygens (including phenoxy) is 1. The Kier molecular flexibility index (Phi) is 9.09. The minimum Gasteiger partial charge on any atom is -0.495 e. The number of carboxylic acid groups (broad SMARTS) is 1. The first-order chi connectivity index (χ1) is 21.8. The van der Waals surface area contributed by atoms with Crippen molar-refractivity contribution in [2.45, 2.75) is 145 Å². The molecule has 0 aliphatic heterocycles. The molecule has 0 aromatic heterocycles. The van der Waals surface area contributed by atoms with E-state index in [2.05, 4.69) is 72.9 Å². The van der Waals surface area contributed by atoms with Crippen LogP contribution in [0, 0.1) is 61.6 Å². The fourth-order valence-corrected chi connectivity index (χ4v) is 14.5. The predicted octanol–water partition coefficient (Wildman–Crippen LogP) is 9.89. The summed E-state index contributed by atoms with van der Waals surface area (Å²) in [5.41, 5.74) is 1.61. The lowest BCUT2D eigenvalue weighted by atomic mass is 9.28. The lowest BCUT2D eigenvalue weighted by molar-refractivity contribution is -0.278. The Labute approximate surface area is 293 Å². The third-order valence-electron chi connectivity index (χ3n) is 16.3. The summed E-state index contributed by atoms with van der Waals surface area (Å²) < 4.78 is 33.8. The van der Waals surface area contributed by atoms with E-state index in [0.717, 1.165) is 38.5 Å². The molecule has 0 saturated heterocycles. The highest BCUT2D eigenvalue weighted by atomic mass is 32.2. The van der Waals surface area contributed by atoms with Gasteiger partial charge in [-0.2, -0.15) is 0 Å². The Balaban J connectivity index is 1.45. The van der Waals surface area contributed by atoms with Crippen LogP contribution in [0.3, 0.4) is 0 Å². The molecule has 0 aromatic rings. The lowest BCUT2D eigenvalue weighted by Crippen LogP contribution is -2.69. The molecule has 48 heavy (non-hydrogen) atoms. The van der Waals surface area contributed by atoms with E-state index >= 15 is 0 Å². The molecule has 0 aromatic carbocycles. The standard InChI is InChI=1S/C41H67NO5S/c1-26(2)29-14-21-41(24-27(3)42-48(13,45)46)23-22-40(12)38(10)19-15-30-36(7,8)32(47-28(4)25-35(5,6)34(43)44)17-18-37(30,9)31(38)16-20-39(40,11)33(29)41/h29-33,42H,1,3-4,14-25H2,2,5-13H3,(H,43,44)/t29-,30-,31+,32-,33+,37-,38+,39?,40-,41+/m0/s1. The van der Waals surface area contributed by atoms with E-state index < -0.39 is 21.4 Å². The summed E-state index contributed by atoms with van der Waals surface area (Å²) >= 11 is 0. The van der Waals surface area contributed by atoms with Crippen molar-refractivity contribution < 1.29 is 23.1 Å². The van der Waals surface area contributed by atoms with Gasteiger partial charge in [0.05, 0.1) is 17.4 Å². The molecule has 6 nitrogen and oxygen atoms in total. The minimum absolute atomic E-state index is 0.0280. The van der Waals surface area contributed by atoms with Crippen LogP contribution in [-0.4, -0.2) is 31.9 Å². The number of carboxylic acids is 1. The summed E-state index contributed by atoms with van der Waals surface area (Å²) in [5, 5.41) is 9.70. The smallest absolute Gasteiger partial charge is 0.309 e. The highest BCUT2D eigenvalue weighted by Crippen LogP contribution is 2.81. The molecular formula is C41H67NO5S. The second kappa shape index (κ2) is 11.6. The number of nitrogens with one attached hydrogen (secondary N) is 1. The molecule has 2 N–H and O–H groups in total. The van der Waals surface area contributed by atoms with Crippen molar-refractivity contribution in [3.8, 4) is 0 Å². The molecule has 7 heteroatoms. The third kappa shape index (κ3) is 5.54. The van der Waals surface area contributed by atoms with Gasteiger partial charge in [0, 0.05) is 17.5 Å². The molecular weight excluding hydrogens is 619 g/mol. The maximum Gasteiger partial charge on any atom is 0.309 e. The van der Waals surface area contributed by atoms with Gasteiger partial charge < -0.3 is 9.84 Å². The van der Waals surface area contributed by atoms with Crippen LogP contribution in [0.15, 0.2) is 36.8 Å². The van der Waals surface area contributed by atoms with E-state index in [9.17, 15) is 18.3 Å². The maximum absolute atomic E-state index is 12.2. The lowest BCUT2D eigenvalue weighted by Gasteiger charge is -2.76. The maximum atomic E-state index is 12.2. The van der Waals surface area contributed by atoms with Gasteiger partial charge in [-0.1, -0.05) is 66.9 Å². The molecule has 1 unspecified atom stereocenters. The van der Waals surface area contributed by atoms with Gasteiger partial charge in [-0.3, -0.25) is 9.52 Å². The van der Waals surface area contributed by atoms with E-state index in [-0.39, 0.29) is 38.6 Å². The molecule has 5 rings (SSSR count). The number of hydrogen-bond donors (Lipinski definition) is 2. The third-order valence-corrected chi connectivity index (χ3v) is 17.0. The van der Waals surface area contributed by atoms with Crippen molar-refractivity contribution in [1.29, 1.82) is 0 Å². The second-order valence-electron chi connectivity index (χ2n) is 19.7. The minimum atomic E-state index is -3.37. The molecule has 0 amide bonds. The summed E-state index contributed by atoms with van der Waals surface area (Å²) in [7, 11) is -3.37. The Morgan fingerprint density at radius 1 is 0.875 bits per heavy atom. The number of fused-ring (bicyclic) bond motifs is 7.